The number of methoxy groups -OCH3 is 1. The molecule has 0 fully saturated rings. The zero-order chi connectivity index (χ0) is 12.8. The van der Waals surface area contributed by atoms with Gasteiger partial charge in [0.1, 0.15) is 0 Å². The minimum atomic E-state index is -0.585. The molecule has 0 heterocycles. The van der Waals surface area contributed by atoms with Gasteiger partial charge < -0.3 is 10.1 Å². The van der Waals surface area contributed by atoms with Gasteiger partial charge in [-0.2, -0.15) is 0 Å². The van der Waals surface area contributed by atoms with Crippen LogP contribution in [0.3, 0.4) is 0 Å². The summed E-state index contributed by atoms with van der Waals surface area (Å²) in [5, 5.41) is 2.42. The highest BCUT2D eigenvalue weighted by Crippen LogP contribution is 2.18. The molecule has 0 saturated carbocycles. The summed E-state index contributed by atoms with van der Waals surface area (Å²) in [5.41, 5.74) is 0.243. The molecule has 0 aromatic heterocycles. The van der Waals surface area contributed by atoms with E-state index in [9.17, 15) is 14.0 Å². The fraction of sp³-hybridized carbons (Fsp3) is 0.333. The monoisotopic (exact) mass is 239 g/mol. The maximum absolute atomic E-state index is 13.3. The molecule has 1 amide bonds. The highest BCUT2D eigenvalue weighted by molar-refractivity contribution is 5.98. The fourth-order valence-electron chi connectivity index (χ4n) is 1.34. The van der Waals surface area contributed by atoms with E-state index in [-0.39, 0.29) is 35.8 Å². The van der Waals surface area contributed by atoms with Crippen LogP contribution in [0.25, 0.3) is 0 Å². The topological polar surface area (TPSA) is 55.4 Å². The van der Waals surface area contributed by atoms with Gasteiger partial charge in [0.15, 0.2) is 17.3 Å². The standard InChI is InChI=1S/C12H14FNO3/c1-14-12(16)6-4-10(15)8-3-5-11(17-2)9(13)7-8/h3,5,7H,4,6H2,1-2H3,(H,14,16). The van der Waals surface area contributed by atoms with Gasteiger partial charge in [-0.3, -0.25) is 9.59 Å². The molecule has 0 unspecified atom stereocenters. The minimum Gasteiger partial charge on any atom is -0.494 e. The van der Waals surface area contributed by atoms with Crippen molar-refractivity contribution in [3.63, 3.8) is 0 Å². The Kier molecular flexibility index (Phi) is 4.63. The SMILES string of the molecule is CNC(=O)CCC(=O)c1ccc(OC)c(F)c1. The van der Waals surface area contributed by atoms with Gasteiger partial charge in [-0.25, -0.2) is 4.39 Å². The normalized spacial score (nSPS) is 9.82. The number of hydrogen-bond donors (Lipinski definition) is 1. The van der Waals surface area contributed by atoms with Crippen molar-refractivity contribution >= 4 is 11.7 Å². The molecule has 0 saturated heterocycles. The predicted molar refractivity (Wildman–Crippen MR) is 60.6 cm³/mol. The first-order valence-corrected chi connectivity index (χ1v) is 5.15. The highest BCUT2D eigenvalue weighted by Gasteiger charge is 2.11. The third kappa shape index (κ3) is 3.55. The summed E-state index contributed by atoms with van der Waals surface area (Å²) in [5.74, 6) is -0.978. The molecule has 0 aliphatic carbocycles. The number of ether oxygens (including phenoxy) is 1. The molecular weight excluding hydrogens is 225 g/mol. The van der Waals surface area contributed by atoms with Gasteiger partial charge in [0.05, 0.1) is 7.11 Å². The Morgan fingerprint density at radius 1 is 1.35 bits per heavy atom. The lowest BCUT2D eigenvalue weighted by molar-refractivity contribution is -0.120. The second kappa shape index (κ2) is 5.98. The molecule has 5 heteroatoms. The van der Waals surface area contributed by atoms with Crippen molar-refractivity contribution in [1.29, 1.82) is 0 Å². The van der Waals surface area contributed by atoms with Crippen molar-refractivity contribution in [3.05, 3.63) is 29.6 Å². The van der Waals surface area contributed by atoms with Gasteiger partial charge in [0, 0.05) is 25.5 Å². The second-order valence-corrected chi connectivity index (χ2v) is 3.45. The number of carbonyl (C=O) groups is 2. The number of Topliss-reactive ketones (excluding diaryl/α,β-unsaturated/α-hetero) is 1. The molecule has 0 bridgehead atoms. The first-order chi connectivity index (χ1) is 8.08. The van der Waals surface area contributed by atoms with Crippen molar-refractivity contribution in [2.24, 2.45) is 0 Å². The quantitative estimate of drug-likeness (QED) is 0.793. The van der Waals surface area contributed by atoms with Gasteiger partial charge in [-0.05, 0) is 18.2 Å². The second-order valence-electron chi connectivity index (χ2n) is 3.45. The number of nitrogens with one attached hydrogen (secondary N) is 1. The van der Waals surface area contributed by atoms with Crippen molar-refractivity contribution < 1.29 is 18.7 Å². The summed E-state index contributed by atoms with van der Waals surface area (Å²) >= 11 is 0. The molecule has 4 nitrogen and oxygen atoms in total. The largest absolute Gasteiger partial charge is 0.494 e. The number of benzene rings is 1. The van der Waals surface area contributed by atoms with E-state index in [1.807, 2.05) is 0 Å². The van der Waals surface area contributed by atoms with Crippen LogP contribution in [0.15, 0.2) is 18.2 Å². The zero-order valence-corrected chi connectivity index (χ0v) is 9.75. The molecule has 1 N–H and O–H groups in total. The lowest BCUT2D eigenvalue weighted by Crippen LogP contribution is -2.18. The number of halogens is 1. The Morgan fingerprint density at radius 3 is 2.59 bits per heavy atom. The van der Waals surface area contributed by atoms with E-state index in [2.05, 4.69) is 5.32 Å². The van der Waals surface area contributed by atoms with Crippen LogP contribution in [-0.2, 0) is 4.79 Å². The summed E-state index contributed by atoms with van der Waals surface area (Å²) in [6.07, 6.45) is 0.161. The lowest BCUT2D eigenvalue weighted by atomic mass is 10.1. The zero-order valence-electron chi connectivity index (χ0n) is 9.75. The molecule has 0 aliphatic rings. The van der Waals surface area contributed by atoms with Crippen LogP contribution in [0.1, 0.15) is 23.2 Å². The molecule has 0 radical (unpaired) electrons. The summed E-state index contributed by atoms with van der Waals surface area (Å²) in [4.78, 5) is 22.6. The predicted octanol–water partition coefficient (Wildman–Crippen LogP) is 1.54. The number of amides is 1. The van der Waals surface area contributed by atoms with Crippen LogP contribution in [-0.4, -0.2) is 25.8 Å². The Balaban J connectivity index is 2.69. The van der Waals surface area contributed by atoms with Crippen LogP contribution in [0.5, 0.6) is 5.75 Å². The van der Waals surface area contributed by atoms with E-state index >= 15 is 0 Å². The van der Waals surface area contributed by atoms with E-state index < -0.39 is 5.82 Å². The molecule has 1 rings (SSSR count). The molecule has 0 aliphatic heterocycles. The van der Waals surface area contributed by atoms with Gasteiger partial charge in [0.2, 0.25) is 5.91 Å². The number of hydrogen-bond acceptors (Lipinski definition) is 3. The van der Waals surface area contributed by atoms with Crippen LogP contribution in [0.2, 0.25) is 0 Å². The third-order valence-electron chi connectivity index (χ3n) is 2.33. The molecule has 0 spiro atoms. The molecule has 1 aromatic carbocycles. The van der Waals surface area contributed by atoms with Crippen molar-refractivity contribution in [3.8, 4) is 5.75 Å². The Bertz CT molecular complexity index is 432. The minimum absolute atomic E-state index is 0.0610. The van der Waals surface area contributed by atoms with E-state index in [0.29, 0.717) is 0 Å². The van der Waals surface area contributed by atoms with Gasteiger partial charge in [-0.15, -0.1) is 0 Å². The summed E-state index contributed by atoms with van der Waals surface area (Å²) < 4.78 is 18.1. The molecule has 1 aromatic rings. The summed E-state index contributed by atoms with van der Waals surface area (Å²) in [7, 11) is 2.85. The van der Waals surface area contributed by atoms with Gasteiger partial charge in [0.25, 0.3) is 0 Å². The average Bonchev–Trinajstić information content (AvgIpc) is 2.35. The summed E-state index contributed by atoms with van der Waals surface area (Å²) in [6, 6.07) is 3.99. The van der Waals surface area contributed by atoms with E-state index in [1.165, 1.54) is 26.3 Å². The summed E-state index contributed by atoms with van der Waals surface area (Å²) in [6.45, 7) is 0. The highest BCUT2D eigenvalue weighted by atomic mass is 19.1. The maximum Gasteiger partial charge on any atom is 0.220 e. The lowest BCUT2D eigenvalue weighted by Gasteiger charge is -2.04. The van der Waals surface area contributed by atoms with Crippen molar-refractivity contribution in [1.82, 2.24) is 5.32 Å². The van der Waals surface area contributed by atoms with Crippen LogP contribution < -0.4 is 10.1 Å². The first-order valence-electron chi connectivity index (χ1n) is 5.15. The number of ketones is 1. The van der Waals surface area contributed by atoms with E-state index in [1.54, 1.807) is 0 Å². The fourth-order valence-corrected chi connectivity index (χ4v) is 1.34. The Morgan fingerprint density at radius 2 is 2.06 bits per heavy atom. The van der Waals surface area contributed by atoms with E-state index in [0.717, 1.165) is 6.07 Å². The van der Waals surface area contributed by atoms with Gasteiger partial charge in [-0.1, -0.05) is 0 Å². The molecule has 17 heavy (non-hydrogen) atoms. The Labute approximate surface area is 98.8 Å². The van der Waals surface area contributed by atoms with Crippen molar-refractivity contribution in [2.75, 3.05) is 14.2 Å². The number of rotatable bonds is 5. The molecule has 0 atom stereocenters. The van der Waals surface area contributed by atoms with E-state index in [4.69, 9.17) is 4.74 Å². The van der Waals surface area contributed by atoms with Crippen LogP contribution >= 0.6 is 0 Å². The smallest absolute Gasteiger partial charge is 0.220 e. The third-order valence-corrected chi connectivity index (χ3v) is 2.33. The van der Waals surface area contributed by atoms with Crippen LogP contribution in [0, 0.1) is 5.82 Å². The first kappa shape index (κ1) is 13.2. The maximum atomic E-state index is 13.3. The van der Waals surface area contributed by atoms with Gasteiger partial charge >= 0.3 is 0 Å². The average molecular weight is 239 g/mol. The Hall–Kier alpha value is -1.91. The molecule has 92 valence electrons. The number of carbonyl (C=O) groups excluding carboxylic acids is 2. The van der Waals surface area contributed by atoms with Crippen molar-refractivity contribution in [2.45, 2.75) is 12.8 Å². The molecular formula is C12H14FNO3. The van der Waals surface area contributed by atoms with Crippen LogP contribution in [0.4, 0.5) is 4.39 Å².